The number of guanidine groups is 1. The standard InChI is InChI=1S/C19H33N5.HI/c1-14(2)24-12-15(3)18(13-24)22-19(20-4)21-11-16-8-7-9-17(10-16)23(5)6;/h7-10,14-15,18H,11-13H2,1-6H3,(H2,20,21,22);1H. The first-order valence-corrected chi connectivity index (χ1v) is 8.88. The quantitative estimate of drug-likeness (QED) is 0.404. The minimum absolute atomic E-state index is 0. The molecule has 1 aromatic rings. The van der Waals surface area contributed by atoms with Crippen molar-refractivity contribution in [1.29, 1.82) is 0 Å². The number of benzene rings is 1. The molecule has 0 spiro atoms. The molecular formula is C19H34IN5. The summed E-state index contributed by atoms with van der Waals surface area (Å²) in [6.45, 7) is 9.84. The third-order valence-electron chi connectivity index (χ3n) is 4.80. The Labute approximate surface area is 170 Å². The third-order valence-corrected chi connectivity index (χ3v) is 4.80. The van der Waals surface area contributed by atoms with Crippen molar-refractivity contribution in [3.63, 3.8) is 0 Å². The van der Waals surface area contributed by atoms with Gasteiger partial charge in [-0.2, -0.15) is 0 Å². The van der Waals surface area contributed by atoms with Gasteiger partial charge in [0.15, 0.2) is 5.96 Å². The maximum absolute atomic E-state index is 4.39. The summed E-state index contributed by atoms with van der Waals surface area (Å²) in [7, 11) is 5.97. The van der Waals surface area contributed by atoms with E-state index in [1.807, 2.05) is 7.05 Å². The zero-order valence-corrected chi connectivity index (χ0v) is 18.7. The molecule has 1 aliphatic heterocycles. The Morgan fingerprint density at radius 2 is 2.04 bits per heavy atom. The first-order valence-electron chi connectivity index (χ1n) is 8.88. The lowest BCUT2D eigenvalue weighted by Gasteiger charge is -2.22. The van der Waals surface area contributed by atoms with Crippen LogP contribution in [0, 0.1) is 5.92 Å². The Morgan fingerprint density at radius 3 is 2.60 bits per heavy atom. The second-order valence-electron chi connectivity index (χ2n) is 7.27. The fourth-order valence-corrected chi connectivity index (χ4v) is 3.11. The fraction of sp³-hybridized carbons (Fsp3) is 0.632. The van der Waals surface area contributed by atoms with Gasteiger partial charge in [-0.3, -0.25) is 9.89 Å². The molecule has 142 valence electrons. The van der Waals surface area contributed by atoms with E-state index in [-0.39, 0.29) is 24.0 Å². The molecule has 0 amide bonds. The van der Waals surface area contributed by atoms with Gasteiger partial charge in [0.1, 0.15) is 0 Å². The van der Waals surface area contributed by atoms with Crippen molar-refractivity contribution in [3.05, 3.63) is 29.8 Å². The Kier molecular flexibility index (Phi) is 8.99. The van der Waals surface area contributed by atoms with Crippen molar-refractivity contribution < 1.29 is 0 Å². The number of anilines is 1. The van der Waals surface area contributed by atoms with Gasteiger partial charge in [-0.25, -0.2) is 0 Å². The Bertz CT molecular complexity index is 559. The molecule has 25 heavy (non-hydrogen) atoms. The second-order valence-corrected chi connectivity index (χ2v) is 7.27. The number of rotatable bonds is 5. The molecule has 5 nitrogen and oxygen atoms in total. The van der Waals surface area contributed by atoms with Gasteiger partial charge in [0.2, 0.25) is 0 Å². The van der Waals surface area contributed by atoms with Crippen LogP contribution in [0.3, 0.4) is 0 Å². The van der Waals surface area contributed by atoms with Crippen LogP contribution in [-0.2, 0) is 6.54 Å². The van der Waals surface area contributed by atoms with Gasteiger partial charge < -0.3 is 15.5 Å². The van der Waals surface area contributed by atoms with Gasteiger partial charge in [0, 0.05) is 58.5 Å². The molecule has 0 bridgehead atoms. The molecule has 1 aromatic carbocycles. The van der Waals surface area contributed by atoms with Crippen molar-refractivity contribution in [2.24, 2.45) is 10.9 Å². The third kappa shape index (κ3) is 6.33. The number of nitrogens with zero attached hydrogens (tertiary/aromatic N) is 3. The Balaban J connectivity index is 0.00000312. The SMILES string of the molecule is CN=C(NCc1cccc(N(C)C)c1)NC1CN(C(C)C)CC1C.I. The Hall–Kier alpha value is -1.02. The average Bonchev–Trinajstić information content (AvgIpc) is 2.92. The summed E-state index contributed by atoms with van der Waals surface area (Å²) in [5.74, 6) is 1.51. The van der Waals surface area contributed by atoms with E-state index in [0.29, 0.717) is 18.0 Å². The van der Waals surface area contributed by atoms with Gasteiger partial charge in [0.05, 0.1) is 0 Å². The molecule has 0 radical (unpaired) electrons. The van der Waals surface area contributed by atoms with E-state index in [4.69, 9.17) is 0 Å². The van der Waals surface area contributed by atoms with Crippen LogP contribution in [0.25, 0.3) is 0 Å². The summed E-state index contributed by atoms with van der Waals surface area (Å²) in [5.41, 5.74) is 2.47. The molecular weight excluding hydrogens is 425 g/mol. The van der Waals surface area contributed by atoms with Gasteiger partial charge in [-0.1, -0.05) is 19.1 Å². The van der Waals surface area contributed by atoms with E-state index in [1.54, 1.807) is 0 Å². The fourth-order valence-electron chi connectivity index (χ4n) is 3.11. The number of hydrogen-bond acceptors (Lipinski definition) is 3. The zero-order valence-electron chi connectivity index (χ0n) is 16.4. The lowest BCUT2D eigenvalue weighted by molar-refractivity contribution is 0.265. The molecule has 2 unspecified atom stereocenters. The summed E-state index contributed by atoms with van der Waals surface area (Å²) in [4.78, 5) is 9.04. The van der Waals surface area contributed by atoms with Crippen LogP contribution in [0.15, 0.2) is 29.3 Å². The molecule has 1 heterocycles. The topological polar surface area (TPSA) is 42.9 Å². The minimum atomic E-state index is 0. The predicted octanol–water partition coefficient (Wildman–Crippen LogP) is 2.76. The first-order chi connectivity index (χ1) is 11.4. The zero-order chi connectivity index (χ0) is 17.7. The monoisotopic (exact) mass is 459 g/mol. The van der Waals surface area contributed by atoms with Crippen LogP contribution in [0.5, 0.6) is 0 Å². The molecule has 2 rings (SSSR count). The molecule has 2 atom stereocenters. The smallest absolute Gasteiger partial charge is 0.191 e. The largest absolute Gasteiger partial charge is 0.378 e. The number of nitrogens with one attached hydrogen (secondary N) is 2. The van der Waals surface area contributed by atoms with E-state index < -0.39 is 0 Å². The number of halogens is 1. The number of likely N-dealkylation sites (tertiary alicyclic amines) is 1. The molecule has 0 saturated carbocycles. The maximum Gasteiger partial charge on any atom is 0.191 e. The van der Waals surface area contributed by atoms with Crippen LogP contribution in [0.1, 0.15) is 26.3 Å². The second kappa shape index (κ2) is 10.2. The number of aliphatic imine (C=N–C) groups is 1. The highest BCUT2D eigenvalue weighted by molar-refractivity contribution is 14.0. The lowest BCUT2D eigenvalue weighted by Crippen LogP contribution is -2.46. The summed E-state index contributed by atoms with van der Waals surface area (Å²) < 4.78 is 0. The van der Waals surface area contributed by atoms with Gasteiger partial charge in [-0.05, 0) is 37.5 Å². The van der Waals surface area contributed by atoms with Crippen molar-refractivity contribution in [2.45, 2.75) is 39.4 Å². The minimum Gasteiger partial charge on any atom is -0.378 e. The molecule has 1 fully saturated rings. The van der Waals surface area contributed by atoms with Crippen LogP contribution in [-0.4, -0.2) is 57.2 Å². The van der Waals surface area contributed by atoms with E-state index in [0.717, 1.165) is 25.6 Å². The highest BCUT2D eigenvalue weighted by Crippen LogP contribution is 2.18. The highest BCUT2D eigenvalue weighted by atomic mass is 127. The summed E-state index contributed by atoms with van der Waals surface area (Å²) in [5, 5.41) is 7.04. The van der Waals surface area contributed by atoms with Crippen molar-refractivity contribution in [3.8, 4) is 0 Å². The molecule has 1 aliphatic rings. The van der Waals surface area contributed by atoms with Crippen LogP contribution in [0.4, 0.5) is 5.69 Å². The number of hydrogen-bond donors (Lipinski definition) is 2. The van der Waals surface area contributed by atoms with Gasteiger partial charge in [-0.15, -0.1) is 24.0 Å². The predicted molar refractivity (Wildman–Crippen MR) is 119 cm³/mol. The maximum atomic E-state index is 4.39. The van der Waals surface area contributed by atoms with Crippen LogP contribution >= 0.6 is 24.0 Å². The van der Waals surface area contributed by atoms with Crippen molar-refractivity contribution >= 4 is 35.6 Å². The Morgan fingerprint density at radius 1 is 1.32 bits per heavy atom. The lowest BCUT2D eigenvalue weighted by atomic mass is 10.1. The van der Waals surface area contributed by atoms with Crippen molar-refractivity contribution in [1.82, 2.24) is 15.5 Å². The van der Waals surface area contributed by atoms with Crippen molar-refractivity contribution in [2.75, 3.05) is 39.1 Å². The van der Waals surface area contributed by atoms with E-state index >= 15 is 0 Å². The van der Waals surface area contributed by atoms with Crippen LogP contribution in [0.2, 0.25) is 0 Å². The first kappa shape index (κ1) is 22.0. The van der Waals surface area contributed by atoms with E-state index in [9.17, 15) is 0 Å². The molecule has 1 saturated heterocycles. The summed E-state index contributed by atoms with van der Waals surface area (Å²) in [6, 6.07) is 9.62. The van der Waals surface area contributed by atoms with Gasteiger partial charge in [0.25, 0.3) is 0 Å². The normalized spacial score (nSPS) is 21.2. The van der Waals surface area contributed by atoms with Crippen LogP contribution < -0.4 is 15.5 Å². The van der Waals surface area contributed by atoms with Gasteiger partial charge >= 0.3 is 0 Å². The molecule has 0 aliphatic carbocycles. The summed E-state index contributed by atoms with van der Waals surface area (Å²) in [6.07, 6.45) is 0. The van der Waals surface area contributed by atoms with E-state index in [1.165, 1.54) is 11.3 Å². The highest BCUT2D eigenvalue weighted by Gasteiger charge is 2.31. The molecule has 2 N–H and O–H groups in total. The molecule has 0 aromatic heterocycles. The summed E-state index contributed by atoms with van der Waals surface area (Å²) >= 11 is 0. The average molecular weight is 459 g/mol. The molecule has 6 heteroatoms. The van der Waals surface area contributed by atoms with E-state index in [2.05, 4.69) is 84.6 Å².